The van der Waals surface area contributed by atoms with Crippen molar-refractivity contribution in [2.75, 3.05) is 4.90 Å². The molecule has 2 unspecified atom stereocenters. The van der Waals surface area contributed by atoms with Gasteiger partial charge in [0.15, 0.2) is 0 Å². The predicted molar refractivity (Wildman–Crippen MR) is 212 cm³/mol. The molecule has 1 aromatic heterocycles. The van der Waals surface area contributed by atoms with Crippen LogP contribution in [0.4, 0.5) is 17.1 Å². The second-order valence-corrected chi connectivity index (χ2v) is 13.3. The SMILES string of the molecule is C1=CC2Oc3cc(N(c4ccc(-c5ccccc5)cc4)c4ccc(-c5cccc(-n6c7ccccc7c7ccccc76)c5)cc4)ccc3C2C=C1. The second kappa shape index (κ2) is 12.1. The summed E-state index contributed by atoms with van der Waals surface area (Å²) in [6.45, 7) is 0. The number of aromatic nitrogens is 1. The smallest absolute Gasteiger partial charge is 0.128 e. The van der Waals surface area contributed by atoms with Crippen LogP contribution in [0.25, 0.3) is 49.7 Å². The molecule has 0 spiro atoms. The summed E-state index contributed by atoms with van der Waals surface area (Å²) in [4.78, 5) is 2.32. The van der Waals surface area contributed by atoms with Gasteiger partial charge in [0.25, 0.3) is 0 Å². The highest BCUT2D eigenvalue weighted by Gasteiger charge is 2.32. The predicted octanol–water partition coefficient (Wildman–Crippen LogP) is 12.6. The van der Waals surface area contributed by atoms with E-state index in [9.17, 15) is 0 Å². The molecule has 0 N–H and O–H groups in total. The fourth-order valence-electron chi connectivity index (χ4n) is 7.88. The van der Waals surface area contributed by atoms with Gasteiger partial charge in [-0.2, -0.15) is 0 Å². The van der Waals surface area contributed by atoms with Crippen LogP contribution in [-0.4, -0.2) is 10.7 Å². The number of rotatable bonds is 6. The Bertz CT molecular complexity index is 2560. The first-order chi connectivity index (χ1) is 25.3. The first kappa shape index (κ1) is 29.3. The van der Waals surface area contributed by atoms with E-state index in [4.69, 9.17) is 4.74 Å². The number of nitrogens with zero attached hydrogens (tertiary/aromatic N) is 2. The summed E-state index contributed by atoms with van der Waals surface area (Å²) < 4.78 is 8.83. The van der Waals surface area contributed by atoms with Crippen molar-refractivity contribution < 1.29 is 4.74 Å². The molecule has 0 amide bonds. The third-order valence-corrected chi connectivity index (χ3v) is 10.3. The van der Waals surface area contributed by atoms with Gasteiger partial charge in [-0.25, -0.2) is 0 Å². The molecule has 7 aromatic carbocycles. The maximum atomic E-state index is 6.46. The molecule has 8 aromatic rings. The minimum atomic E-state index is 0.0522. The number of allylic oxidation sites excluding steroid dienone is 2. The molecule has 0 fully saturated rings. The molecular formula is C48H34N2O. The van der Waals surface area contributed by atoms with Crippen molar-refractivity contribution in [2.24, 2.45) is 0 Å². The molecule has 2 aliphatic rings. The van der Waals surface area contributed by atoms with Gasteiger partial charge in [-0.15, -0.1) is 0 Å². The average Bonchev–Trinajstić information content (AvgIpc) is 3.74. The van der Waals surface area contributed by atoms with Crippen LogP contribution >= 0.6 is 0 Å². The van der Waals surface area contributed by atoms with Crippen molar-refractivity contribution in [3.8, 4) is 33.7 Å². The molecule has 2 atom stereocenters. The molecule has 0 saturated carbocycles. The molecule has 51 heavy (non-hydrogen) atoms. The lowest BCUT2D eigenvalue weighted by atomic mass is 9.92. The van der Waals surface area contributed by atoms with Crippen LogP contribution in [0.3, 0.4) is 0 Å². The summed E-state index contributed by atoms with van der Waals surface area (Å²) >= 11 is 0. The van der Waals surface area contributed by atoms with Crippen molar-refractivity contribution >= 4 is 38.9 Å². The van der Waals surface area contributed by atoms with Gasteiger partial charge in [0.1, 0.15) is 11.9 Å². The van der Waals surface area contributed by atoms with Gasteiger partial charge in [0.05, 0.1) is 11.0 Å². The Kier molecular flexibility index (Phi) is 6.95. The summed E-state index contributed by atoms with van der Waals surface area (Å²) in [6.07, 6.45) is 8.64. The molecule has 1 aliphatic heterocycles. The van der Waals surface area contributed by atoms with Crippen LogP contribution in [0, 0.1) is 0 Å². The van der Waals surface area contributed by atoms with Gasteiger partial charge in [0.2, 0.25) is 0 Å². The lowest BCUT2D eigenvalue weighted by Gasteiger charge is -2.26. The third kappa shape index (κ3) is 5.05. The Balaban J connectivity index is 1.04. The average molecular weight is 655 g/mol. The van der Waals surface area contributed by atoms with Crippen LogP contribution in [0.2, 0.25) is 0 Å². The second-order valence-electron chi connectivity index (χ2n) is 13.3. The van der Waals surface area contributed by atoms with Gasteiger partial charge in [-0.3, -0.25) is 0 Å². The maximum Gasteiger partial charge on any atom is 0.128 e. The van der Waals surface area contributed by atoms with Crippen molar-refractivity contribution in [2.45, 2.75) is 12.0 Å². The van der Waals surface area contributed by atoms with Crippen LogP contribution in [0.15, 0.2) is 194 Å². The normalized spacial score (nSPS) is 15.8. The van der Waals surface area contributed by atoms with Gasteiger partial charge in [-0.1, -0.05) is 127 Å². The molecule has 2 heterocycles. The van der Waals surface area contributed by atoms with Crippen LogP contribution in [-0.2, 0) is 0 Å². The van der Waals surface area contributed by atoms with E-state index in [2.05, 4.69) is 204 Å². The molecule has 3 heteroatoms. The Morgan fingerprint density at radius 3 is 1.73 bits per heavy atom. The molecule has 1 aliphatic carbocycles. The summed E-state index contributed by atoms with van der Waals surface area (Å²) in [7, 11) is 0. The Morgan fingerprint density at radius 2 is 1.02 bits per heavy atom. The topological polar surface area (TPSA) is 17.4 Å². The Hall–Kier alpha value is -6.58. The lowest BCUT2D eigenvalue weighted by molar-refractivity contribution is 0.269. The maximum absolute atomic E-state index is 6.46. The largest absolute Gasteiger partial charge is 0.485 e. The number of hydrogen-bond donors (Lipinski definition) is 0. The van der Waals surface area contributed by atoms with E-state index in [1.165, 1.54) is 49.6 Å². The van der Waals surface area contributed by atoms with E-state index in [0.717, 1.165) is 28.5 Å². The number of para-hydroxylation sites is 2. The summed E-state index contributed by atoms with van der Waals surface area (Å²) in [5, 5.41) is 2.53. The van der Waals surface area contributed by atoms with Crippen LogP contribution in [0.5, 0.6) is 5.75 Å². The molecule has 0 saturated heterocycles. The van der Waals surface area contributed by atoms with E-state index in [-0.39, 0.29) is 12.0 Å². The van der Waals surface area contributed by atoms with E-state index < -0.39 is 0 Å². The van der Waals surface area contributed by atoms with E-state index >= 15 is 0 Å². The highest BCUT2D eigenvalue weighted by atomic mass is 16.5. The van der Waals surface area contributed by atoms with Crippen LogP contribution in [0.1, 0.15) is 11.5 Å². The molecule has 0 bridgehead atoms. The number of ether oxygens (including phenoxy) is 1. The van der Waals surface area contributed by atoms with Crippen molar-refractivity contribution in [3.63, 3.8) is 0 Å². The summed E-state index contributed by atoms with van der Waals surface area (Å²) in [6, 6.07) is 61.2. The molecule has 242 valence electrons. The fourth-order valence-corrected chi connectivity index (χ4v) is 7.88. The first-order valence-corrected chi connectivity index (χ1v) is 17.6. The van der Waals surface area contributed by atoms with Crippen LogP contribution < -0.4 is 9.64 Å². The van der Waals surface area contributed by atoms with E-state index in [1.54, 1.807) is 0 Å². The number of fused-ring (bicyclic) bond motifs is 6. The lowest BCUT2D eigenvalue weighted by Crippen LogP contribution is -2.15. The van der Waals surface area contributed by atoms with Crippen molar-refractivity contribution in [1.82, 2.24) is 4.57 Å². The quantitative estimate of drug-likeness (QED) is 0.178. The Labute approximate surface area is 297 Å². The monoisotopic (exact) mass is 654 g/mol. The minimum absolute atomic E-state index is 0.0522. The molecule has 3 nitrogen and oxygen atoms in total. The van der Waals surface area contributed by atoms with Crippen molar-refractivity contribution in [3.05, 3.63) is 200 Å². The van der Waals surface area contributed by atoms with Crippen molar-refractivity contribution in [1.29, 1.82) is 0 Å². The zero-order valence-corrected chi connectivity index (χ0v) is 27.9. The van der Waals surface area contributed by atoms with E-state index in [1.807, 2.05) is 0 Å². The minimum Gasteiger partial charge on any atom is -0.485 e. The zero-order valence-electron chi connectivity index (χ0n) is 27.9. The zero-order chi connectivity index (χ0) is 33.7. The number of anilines is 3. The van der Waals surface area contributed by atoms with Gasteiger partial charge in [0, 0.05) is 51.1 Å². The number of benzene rings is 7. The molecule has 10 rings (SSSR count). The van der Waals surface area contributed by atoms with E-state index in [0.29, 0.717) is 0 Å². The number of hydrogen-bond acceptors (Lipinski definition) is 2. The summed E-state index contributed by atoms with van der Waals surface area (Å²) in [5.41, 5.74) is 12.8. The standard InChI is InChI=1S/C48H34N2O/c1-2-11-33(12-3-1)34-21-25-37(26-22-34)49(40-29-30-44-43-17-6-9-20-47(43)51-48(44)32-40)38-27-23-35(24-28-38)36-13-10-14-39(31-36)50-45-18-7-4-15-41(45)42-16-5-8-19-46(42)50/h1-32,43,47H. The highest BCUT2D eigenvalue weighted by molar-refractivity contribution is 6.09. The van der Waals surface area contributed by atoms with Gasteiger partial charge in [-0.05, 0) is 82.9 Å². The summed E-state index contributed by atoms with van der Waals surface area (Å²) in [5.74, 6) is 1.21. The first-order valence-electron chi connectivity index (χ1n) is 17.6. The third-order valence-electron chi connectivity index (χ3n) is 10.3. The fraction of sp³-hybridized carbons (Fsp3) is 0.0417. The highest BCUT2D eigenvalue weighted by Crippen LogP contribution is 2.45. The molecular weight excluding hydrogens is 621 g/mol. The Morgan fingerprint density at radius 1 is 0.451 bits per heavy atom. The van der Waals surface area contributed by atoms with Gasteiger partial charge < -0.3 is 14.2 Å². The molecule has 0 radical (unpaired) electrons. The van der Waals surface area contributed by atoms with Gasteiger partial charge >= 0.3 is 0 Å².